The molecule has 2 nitrogen and oxygen atoms in total. The topological polar surface area (TPSA) is 12.5 Å². The van der Waals surface area contributed by atoms with Crippen molar-refractivity contribution < 1.29 is 4.74 Å². The molecule has 1 saturated heterocycles. The van der Waals surface area contributed by atoms with Crippen LogP contribution in [0.25, 0.3) is 0 Å². The van der Waals surface area contributed by atoms with Crippen molar-refractivity contribution in [2.24, 2.45) is 11.8 Å². The van der Waals surface area contributed by atoms with E-state index in [1.165, 1.54) is 57.8 Å². The lowest BCUT2D eigenvalue weighted by Gasteiger charge is -2.57. The molecule has 140 valence electrons. The van der Waals surface area contributed by atoms with Crippen molar-refractivity contribution in [2.45, 2.75) is 109 Å². The Bertz CT molecular complexity index is 373. The van der Waals surface area contributed by atoms with Crippen molar-refractivity contribution in [1.29, 1.82) is 0 Å². The third-order valence-corrected chi connectivity index (χ3v) is 6.59. The number of fused-ring (bicyclic) bond motifs is 1. The Labute approximate surface area is 152 Å². The highest BCUT2D eigenvalue weighted by Crippen LogP contribution is 2.46. The SMILES string of the molecule is BC1CCCCCC2C(CCC(COC)(CC(C)C)N2C(C)C)C1. The maximum Gasteiger partial charge on any atom is 0.105 e. The van der Waals surface area contributed by atoms with Gasteiger partial charge in [-0.3, -0.25) is 4.90 Å². The Balaban J connectivity index is 2.31. The predicted octanol–water partition coefficient (Wildman–Crippen LogP) is 4.68. The van der Waals surface area contributed by atoms with E-state index in [0.717, 1.165) is 30.3 Å². The van der Waals surface area contributed by atoms with E-state index in [1.807, 2.05) is 7.11 Å². The van der Waals surface area contributed by atoms with Gasteiger partial charge in [-0.25, -0.2) is 0 Å². The molecule has 0 spiro atoms. The number of hydrogen-bond donors (Lipinski definition) is 0. The zero-order chi connectivity index (χ0) is 17.7. The minimum atomic E-state index is 0.259. The summed E-state index contributed by atoms with van der Waals surface area (Å²) in [7, 11) is 4.39. The maximum absolute atomic E-state index is 5.81. The molecule has 1 saturated carbocycles. The summed E-state index contributed by atoms with van der Waals surface area (Å²) in [5.74, 6) is 2.54. The third kappa shape index (κ3) is 4.78. The molecule has 1 heterocycles. The second-order valence-corrected chi connectivity index (χ2v) is 9.60. The van der Waals surface area contributed by atoms with Gasteiger partial charge in [0.25, 0.3) is 0 Å². The van der Waals surface area contributed by atoms with Crippen LogP contribution in [0.3, 0.4) is 0 Å². The highest BCUT2D eigenvalue weighted by Gasteiger charge is 2.48. The molecule has 1 aliphatic carbocycles. The van der Waals surface area contributed by atoms with Crippen LogP contribution in [0.2, 0.25) is 5.82 Å². The van der Waals surface area contributed by atoms with Crippen LogP contribution < -0.4 is 0 Å². The van der Waals surface area contributed by atoms with E-state index in [-0.39, 0.29) is 5.54 Å². The van der Waals surface area contributed by atoms with E-state index in [0.29, 0.717) is 6.04 Å². The minimum Gasteiger partial charge on any atom is -0.383 e. The van der Waals surface area contributed by atoms with Gasteiger partial charge in [-0.05, 0) is 51.4 Å². The van der Waals surface area contributed by atoms with E-state index in [2.05, 4.69) is 40.4 Å². The molecule has 24 heavy (non-hydrogen) atoms. The van der Waals surface area contributed by atoms with Crippen molar-refractivity contribution >= 4 is 7.85 Å². The molecule has 4 unspecified atom stereocenters. The van der Waals surface area contributed by atoms with Crippen molar-refractivity contribution in [1.82, 2.24) is 4.90 Å². The summed E-state index contributed by atoms with van der Waals surface area (Å²) in [6.07, 6.45) is 12.6. The van der Waals surface area contributed by atoms with Crippen LogP contribution in [0, 0.1) is 11.8 Å². The van der Waals surface area contributed by atoms with Gasteiger partial charge in [0.2, 0.25) is 0 Å². The molecule has 2 rings (SSSR count). The summed E-state index contributed by atoms with van der Waals surface area (Å²) in [6.45, 7) is 10.5. The van der Waals surface area contributed by atoms with Crippen molar-refractivity contribution in [3.8, 4) is 0 Å². The zero-order valence-corrected chi connectivity index (χ0v) is 17.3. The van der Waals surface area contributed by atoms with Crippen LogP contribution in [0.4, 0.5) is 0 Å². The number of rotatable bonds is 5. The molecule has 4 atom stereocenters. The van der Waals surface area contributed by atoms with E-state index >= 15 is 0 Å². The minimum absolute atomic E-state index is 0.259. The van der Waals surface area contributed by atoms with Gasteiger partial charge < -0.3 is 4.74 Å². The van der Waals surface area contributed by atoms with E-state index < -0.39 is 0 Å². The molecule has 2 fully saturated rings. The second-order valence-electron chi connectivity index (χ2n) is 9.60. The summed E-state index contributed by atoms with van der Waals surface area (Å²) in [6, 6.07) is 1.39. The molecule has 1 aliphatic heterocycles. The lowest BCUT2D eigenvalue weighted by atomic mass is 9.67. The van der Waals surface area contributed by atoms with Crippen molar-refractivity contribution in [2.75, 3.05) is 13.7 Å². The number of methoxy groups -OCH3 is 1. The number of nitrogens with zero attached hydrogens (tertiary/aromatic N) is 1. The van der Waals surface area contributed by atoms with Gasteiger partial charge in [0, 0.05) is 24.7 Å². The average Bonchev–Trinajstić information content (AvgIpc) is 2.56. The predicted molar refractivity (Wildman–Crippen MR) is 108 cm³/mol. The first kappa shape index (κ1) is 20.3. The molecule has 0 N–H and O–H groups in total. The van der Waals surface area contributed by atoms with Crippen molar-refractivity contribution in [3.63, 3.8) is 0 Å². The largest absolute Gasteiger partial charge is 0.383 e. The number of piperidine rings is 1. The van der Waals surface area contributed by atoms with Gasteiger partial charge in [-0.1, -0.05) is 51.8 Å². The van der Waals surface area contributed by atoms with Crippen LogP contribution >= 0.6 is 0 Å². The van der Waals surface area contributed by atoms with Gasteiger partial charge >= 0.3 is 0 Å². The molecule has 2 aliphatic rings. The Kier molecular flexibility index (Phi) is 7.68. The van der Waals surface area contributed by atoms with Crippen LogP contribution in [0.5, 0.6) is 0 Å². The molecule has 0 radical (unpaired) electrons. The molecule has 0 bridgehead atoms. The highest BCUT2D eigenvalue weighted by atomic mass is 16.5. The quantitative estimate of drug-likeness (QED) is 0.676. The molecule has 0 aromatic heterocycles. The third-order valence-electron chi connectivity index (χ3n) is 6.59. The monoisotopic (exact) mass is 335 g/mol. The number of hydrogen-bond acceptors (Lipinski definition) is 2. The molecular formula is C21H42BNO. The number of likely N-dealkylation sites (tertiary alicyclic amines) is 1. The Morgan fingerprint density at radius 3 is 2.42 bits per heavy atom. The maximum atomic E-state index is 5.81. The average molecular weight is 335 g/mol. The molecule has 0 aromatic carbocycles. The van der Waals surface area contributed by atoms with Crippen LogP contribution in [0.15, 0.2) is 0 Å². The Hall–Kier alpha value is -0.0151. The Morgan fingerprint density at radius 1 is 1.08 bits per heavy atom. The fourth-order valence-corrected chi connectivity index (χ4v) is 6.03. The summed E-state index contributed by atoms with van der Waals surface area (Å²) in [4.78, 5) is 2.93. The highest BCUT2D eigenvalue weighted by molar-refractivity contribution is 6.11. The first-order chi connectivity index (χ1) is 11.4. The van der Waals surface area contributed by atoms with Crippen LogP contribution in [-0.2, 0) is 4.74 Å². The summed E-state index contributed by atoms with van der Waals surface area (Å²) in [5.41, 5.74) is 0.259. The first-order valence-corrected chi connectivity index (χ1v) is 10.7. The molecule has 0 aromatic rings. The fourth-order valence-electron chi connectivity index (χ4n) is 6.03. The van der Waals surface area contributed by atoms with E-state index in [9.17, 15) is 0 Å². The van der Waals surface area contributed by atoms with Gasteiger partial charge in [0.05, 0.1) is 6.61 Å². The molecular weight excluding hydrogens is 293 g/mol. The summed E-state index contributed by atoms with van der Waals surface area (Å²) < 4.78 is 5.81. The lowest BCUT2D eigenvalue weighted by molar-refractivity contribution is -0.101. The molecule has 0 amide bonds. The standard InChI is InChI=1S/C21H42BNO/c1-16(2)14-21(15-24-5)12-11-18-13-19(22)9-7-6-8-10-20(18)23(21)17(3)4/h16-20H,6-15,22H2,1-5H3. The van der Waals surface area contributed by atoms with Gasteiger partial charge in [0.15, 0.2) is 0 Å². The summed E-state index contributed by atoms with van der Waals surface area (Å²) >= 11 is 0. The second kappa shape index (κ2) is 9.08. The van der Waals surface area contributed by atoms with Crippen LogP contribution in [0.1, 0.15) is 85.5 Å². The summed E-state index contributed by atoms with van der Waals surface area (Å²) in [5, 5.41) is 0. The van der Waals surface area contributed by atoms with E-state index in [4.69, 9.17) is 4.74 Å². The van der Waals surface area contributed by atoms with Crippen LogP contribution in [-0.4, -0.2) is 44.1 Å². The number of ether oxygens (including phenoxy) is 1. The van der Waals surface area contributed by atoms with Gasteiger partial charge in [-0.15, -0.1) is 0 Å². The smallest absolute Gasteiger partial charge is 0.105 e. The normalized spacial score (nSPS) is 36.2. The molecule has 3 heteroatoms. The van der Waals surface area contributed by atoms with Gasteiger partial charge in [-0.2, -0.15) is 0 Å². The van der Waals surface area contributed by atoms with Gasteiger partial charge in [0.1, 0.15) is 7.85 Å². The Morgan fingerprint density at radius 2 is 1.79 bits per heavy atom. The lowest BCUT2D eigenvalue weighted by Crippen LogP contribution is -2.64. The van der Waals surface area contributed by atoms with Crippen molar-refractivity contribution in [3.05, 3.63) is 0 Å². The van der Waals surface area contributed by atoms with E-state index in [1.54, 1.807) is 0 Å². The first-order valence-electron chi connectivity index (χ1n) is 10.7. The fraction of sp³-hybridized carbons (Fsp3) is 1.00. The zero-order valence-electron chi connectivity index (χ0n) is 17.3.